The van der Waals surface area contributed by atoms with Crippen LogP contribution in [0.25, 0.3) is 0 Å². The van der Waals surface area contributed by atoms with E-state index in [-0.39, 0.29) is 6.61 Å². The Balaban J connectivity index is 1.26. The minimum Gasteiger partial charge on any atom is -0.374 e. The molecule has 0 N–H and O–H groups in total. The van der Waals surface area contributed by atoms with E-state index in [4.69, 9.17) is 35.3 Å². The Morgan fingerprint density at radius 1 is 0.566 bits per heavy atom. The minimum absolute atomic E-state index is 0.269. The number of hydrogen-bond donors (Lipinski definition) is 0. The number of aromatic nitrogens is 3. The van der Waals surface area contributed by atoms with Crippen LogP contribution in [0.2, 0.25) is 5.02 Å². The maximum absolute atomic E-state index is 7.10. The van der Waals surface area contributed by atoms with Gasteiger partial charge in [-0.3, -0.25) is 0 Å². The van der Waals surface area contributed by atoms with Crippen LogP contribution in [0, 0.1) is 0 Å². The average molecular weight is 728 g/mol. The highest BCUT2D eigenvalue weighted by atomic mass is 35.5. The van der Waals surface area contributed by atoms with E-state index >= 15 is 0 Å². The van der Waals surface area contributed by atoms with Crippen LogP contribution in [-0.2, 0) is 56.5 Å². The zero-order valence-corrected chi connectivity index (χ0v) is 30.1. The average Bonchev–Trinajstić information content (AvgIpc) is 3.21. The van der Waals surface area contributed by atoms with Crippen LogP contribution in [0.5, 0.6) is 0 Å². The van der Waals surface area contributed by atoms with Crippen LogP contribution in [-0.4, -0.2) is 46.2 Å². The van der Waals surface area contributed by atoms with Gasteiger partial charge in [0.15, 0.2) is 5.82 Å². The molecule has 1 aliphatic rings. The van der Waals surface area contributed by atoms with Crippen molar-refractivity contribution in [2.45, 2.75) is 63.4 Å². The molecule has 9 heteroatoms. The summed E-state index contributed by atoms with van der Waals surface area (Å²) in [7, 11) is 0. The second-order valence-corrected chi connectivity index (χ2v) is 13.4. The maximum Gasteiger partial charge on any atom is 0.155 e. The summed E-state index contributed by atoms with van der Waals surface area (Å²) < 4.78 is 34.1. The summed E-state index contributed by atoms with van der Waals surface area (Å²) in [5.74, 6) is 0.568. The van der Waals surface area contributed by atoms with Crippen molar-refractivity contribution in [3.8, 4) is 0 Å². The first-order valence-electron chi connectivity index (χ1n) is 17.8. The first-order chi connectivity index (χ1) is 26.2. The van der Waals surface area contributed by atoms with Crippen molar-refractivity contribution in [3.05, 3.63) is 196 Å². The van der Waals surface area contributed by atoms with E-state index < -0.39 is 30.5 Å². The van der Waals surface area contributed by atoms with E-state index in [0.29, 0.717) is 43.7 Å². The molecular formula is C44H42ClN3O5. The number of nitrogens with zero attached hydrogens (tertiary/aromatic N) is 3. The molecule has 0 amide bonds. The SMILES string of the molecule is Clc1ccc(C2OC(COCc3ccccc3)C(OCc3ccccc3)C(OCc3ccccc3)C2OCc2ccccc2)cc1Cc1nccnn1. The summed E-state index contributed by atoms with van der Waals surface area (Å²) in [6, 6.07) is 46.4. The molecule has 0 aliphatic carbocycles. The summed E-state index contributed by atoms with van der Waals surface area (Å²) in [6.07, 6.45) is 0.852. The van der Waals surface area contributed by atoms with Gasteiger partial charge in [-0.25, -0.2) is 4.98 Å². The molecule has 6 aromatic rings. The van der Waals surface area contributed by atoms with E-state index in [0.717, 1.165) is 33.4 Å². The Kier molecular flexibility index (Phi) is 13.0. The third-order valence-corrected chi connectivity index (χ3v) is 9.53. The third-order valence-electron chi connectivity index (χ3n) is 9.16. The van der Waals surface area contributed by atoms with E-state index in [1.165, 1.54) is 0 Å². The fourth-order valence-electron chi connectivity index (χ4n) is 6.49. The molecule has 1 aliphatic heterocycles. The predicted octanol–water partition coefficient (Wildman–Crippen LogP) is 8.53. The van der Waals surface area contributed by atoms with Crippen LogP contribution >= 0.6 is 11.6 Å². The molecule has 7 rings (SSSR count). The van der Waals surface area contributed by atoms with E-state index in [1.807, 2.05) is 103 Å². The number of rotatable bonds is 16. The van der Waals surface area contributed by atoms with Crippen molar-refractivity contribution in [2.75, 3.05) is 6.61 Å². The summed E-state index contributed by atoms with van der Waals surface area (Å²) >= 11 is 6.77. The highest BCUT2D eigenvalue weighted by molar-refractivity contribution is 6.31. The van der Waals surface area contributed by atoms with E-state index in [9.17, 15) is 0 Å². The van der Waals surface area contributed by atoms with Crippen LogP contribution in [0.15, 0.2) is 152 Å². The largest absolute Gasteiger partial charge is 0.374 e. The molecule has 1 fully saturated rings. The molecule has 2 heterocycles. The number of benzene rings is 5. The van der Waals surface area contributed by atoms with Crippen molar-refractivity contribution in [1.82, 2.24) is 15.2 Å². The Bertz CT molecular complexity index is 1960. The molecule has 5 atom stereocenters. The standard InChI is InChI=1S/C44H42ClN3O5/c45-38-22-21-36(25-37(38)26-40-46-23-24-47-48-40)41-43(51-29-34-17-9-3-10-18-34)44(52-30-35-19-11-4-12-20-35)42(50-28-33-15-7-2-8-16-33)39(53-41)31-49-27-32-13-5-1-6-14-32/h1-25,39,41-44H,26-31H2. The van der Waals surface area contributed by atoms with Crippen molar-refractivity contribution in [2.24, 2.45) is 0 Å². The first kappa shape index (κ1) is 36.6. The second kappa shape index (κ2) is 18.8. The van der Waals surface area contributed by atoms with Gasteiger partial charge in [-0.1, -0.05) is 145 Å². The lowest BCUT2D eigenvalue weighted by Crippen LogP contribution is -2.58. The molecule has 0 spiro atoms. The Morgan fingerprint density at radius 2 is 1.09 bits per heavy atom. The lowest BCUT2D eigenvalue weighted by molar-refractivity contribution is -0.275. The van der Waals surface area contributed by atoms with Gasteiger partial charge in [-0.05, 0) is 39.4 Å². The minimum atomic E-state index is -0.575. The van der Waals surface area contributed by atoms with Gasteiger partial charge < -0.3 is 23.7 Å². The highest BCUT2D eigenvalue weighted by Crippen LogP contribution is 2.39. The normalized spacial score (nSPS) is 19.9. The Hall–Kier alpha value is -4.80. The molecule has 53 heavy (non-hydrogen) atoms. The van der Waals surface area contributed by atoms with Gasteiger partial charge in [-0.15, -0.1) is 5.10 Å². The second-order valence-electron chi connectivity index (χ2n) is 13.0. The summed E-state index contributed by atoms with van der Waals surface area (Å²) in [6.45, 7) is 1.76. The van der Waals surface area contributed by atoms with E-state index in [2.05, 4.69) is 51.6 Å². The monoisotopic (exact) mass is 727 g/mol. The van der Waals surface area contributed by atoms with Crippen molar-refractivity contribution in [1.29, 1.82) is 0 Å². The fourth-order valence-corrected chi connectivity index (χ4v) is 6.68. The summed E-state index contributed by atoms with van der Waals surface area (Å²) in [5.41, 5.74) is 5.93. The smallest absolute Gasteiger partial charge is 0.155 e. The fraction of sp³-hybridized carbons (Fsp3) is 0.250. The molecule has 0 saturated carbocycles. The zero-order valence-electron chi connectivity index (χ0n) is 29.3. The number of ether oxygens (including phenoxy) is 5. The van der Waals surface area contributed by atoms with Crippen LogP contribution in [0.3, 0.4) is 0 Å². The molecule has 5 unspecified atom stereocenters. The van der Waals surface area contributed by atoms with E-state index in [1.54, 1.807) is 12.4 Å². The number of halogens is 1. The van der Waals surface area contributed by atoms with Gasteiger partial charge >= 0.3 is 0 Å². The lowest BCUT2D eigenvalue weighted by Gasteiger charge is -2.46. The summed E-state index contributed by atoms with van der Waals surface area (Å²) in [4.78, 5) is 4.39. The predicted molar refractivity (Wildman–Crippen MR) is 203 cm³/mol. The molecule has 1 saturated heterocycles. The van der Waals surface area contributed by atoms with Crippen LogP contribution in [0.4, 0.5) is 0 Å². The third kappa shape index (κ3) is 10.2. The van der Waals surface area contributed by atoms with Crippen molar-refractivity contribution in [3.63, 3.8) is 0 Å². The van der Waals surface area contributed by atoms with Crippen molar-refractivity contribution >= 4 is 11.6 Å². The van der Waals surface area contributed by atoms with Gasteiger partial charge in [-0.2, -0.15) is 5.10 Å². The van der Waals surface area contributed by atoms with Gasteiger partial charge in [0.05, 0.1) is 39.2 Å². The highest BCUT2D eigenvalue weighted by Gasteiger charge is 2.49. The molecule has 5 aromatic carbocycles. The van der Waals surface area contributed by atoms with Crippen molar-refractivity contribution < 1.29 is 23.7 Å². The quantitative estimate of drug-likeness (QED) is 0.0982. The van der Waals surface area contributed by atoms with Gasteiger partial charge in [0.1, 0.15) is 30.5 Å². The topological polar surface area (TPSA) is 84.8 Å². The Morgan fingerprint density at radius 3 is 1.64 bits per heavy atom. The molecule has 0 radical (unpaired) electrons. The molecule has 8 nitrogen and oxygen atoms in total. The van der Waals surface area contributed by atoms with Crippen LogP contribution in [0.1, 0.15) is 45.3 Å². The molecule has 0 bridgehead atoms. The maximum atomic E-state index is 7.10. The van der Waals surface area contributed by atoms with Gasteiger partial charge in [0.2, 0.25) is 0 Å². The Labute approximate surface area is 315 Å². The van der Waals surface area contributed by atoms with Gasteiger partial charge in [0.25, 0.3) is 0 Å². The zero-order chi connectivity index (χ0) is 36.1. The van der Waals surface area contributed by atoms with Gasteiger partial charge in [0, 0.05) is 17.6 Å². The van der Waals surface area contributed by atoms with Crippen LogP contribution < -0.4 is 0 Å². The number of hydrogen-bond acceptors (Lipinski definition) is 8. The first-order valence-corrected chi connectivity index (χ1v) is 18.2. The molecule has 1 aromatic heterocycles. The lowest BCUT2D eigenvalue weighted by atomic mass is 9.89. The molecule has 270 valence electrons. The summed E-state index contributed by atoms with van der Waals surface area (Å²) in [5, 5.41) is 8.80. The molecular weight excluding hydrogens is 686 g/mol.